The summed E-state index contributed by atoms with van der Waals surface area (Å²) < 4.78 is 22.5. The summed E-state index contributed by atoms with van der Waals surface area (Å²) in [7, 11) is -3.82. The van der Waals surface area contributed by atoms with Gasteiger partial charge in [0.15, 0.2) is 0 Å². The lowest BCUT2D eigenvalue weighted by Crippen LogP contribution is -2.32. The number of sulfonamides is 1. The molecule has 0 spiro atoms. The molecule has 1 unspecified atom stereocenters. The van der Waals surface area contributed by atoms with E-state index >= 15 is 0 Å². The molecule has 1 atom stereocenters. The number of halogens is 1. The third-order valence-corrected chi connectivity index (χ3v) is 4.53. The molecule has 20 heavy (non-hydrogen) atoms. The molecule has 1 heterocycles. The van der Waals surface area contributed by atoms with Gasteiger partial charge in [-0.2, -0.15) is 0 Å². The van der Waals surface area contributed by atoms with Crippen molar-refractivity contribution in [3.05, 3.63) is 33.3 Å². The molecular weight excluding hydrogens is 310 g/mol. The molecule has 2 rings (SSSR count). The number of anilines is 1. The Morgan fingerprint density at radius 3 is 2.55 bits per heavy atom. The smallest absolute Gasteiger partial charge is 0.271 e. The molecule has 1 amide bonds. The molecular formula is C10H10ClN3O5S. The molecule has 8 nitrogen and oxygen atoms in total. The number of primary sulfonamides is 1. The van der Waals surface area contributed by atoms with Crippen LogP contribution in [0.25, 0.3) is 0 Å². The van der Waals surface area contributed by atoms with Gasteiger partial charge in [-0.3, -0.25) is 14.9 Å². The second-order valence-corrected chi connectivity index (χ2v) is 6.56. The second kappa shape index (κ2) is 5.00. The highest BCUT2D eigenvalue weighted by Crippen LogP contribution is 2.33. The summed E-state index contributed by atoms with van der Waals surface area (Å²) in [5.41, 5.74) is 0.0156. The number of hydrogen-bond acceptors (Lipinski definition) is 5. The summed E-state index contributed by atoms with van der Waals surface area (Å²) in [5, 5.41) is 14.6. The number of amides is 1. The molecule has 0 aliphatic carbocycles. The molecule has 0 bridgehead atoms. The standard InChI is InChI=1S/C10H10ClN3O5S/c11-8-3-6(14(16)17)1-2-9(8)13-5-7(4-10(13)15)20(12,18)19/h1-3,7H,4-5H2,(H2,12,18,19). The quantitative estimate of drug-likeness (QED) is 0.646. The number of rotatable bonds is 3. The van der Waals surface area contributed by atoms with Gasteiger partial charge in [-0.1, -0.05) is 11.6 Å². The third kappa shape index (κ3) is 2.74. The summed E-state index contributed by atoms with van der Waals surface area (Å²) >= 11 is 5.90. The highest BCUT2D eigenvalue weighted by molar-refractivity contribution is 7.89. The van der Waals surface area contributed by atoms with Gasteiger partial charge in [0.1, 0.15) is 5.25 Å². The Morgan fingerprint density at radius 2 is 2.10 bits per heavy atom. The number of carbonyl (C=O) groups excluding carboxylic acids is 1. The highest BCUT2D eigenvalue weighted by atomic mass is 35.5. The Bertz CT molecular complexity index is 690. The van der Waals surface area contributed by atoms with E-state index in [4.69, 9.17) is 16.7 Å². The first kappa shape index (κ1) is 14.7. The van der Waals surface area contributed by atoms with Gasteiger partial charge in [0.2, 0.25) is 15.9 Å². The van der Waals surface area contributed by atoms with Crippen LogP contribution < -0.4 is 10.0 Å². The van der Waals surface area contributed by atoms with Crippen molar-refractivity contribution in [2.45, 2.75) is 11.7 Å². The maximum atomic E-state index is 11.8. The van der Waals surface area contributed by atoms with Crippen LogP contribution in [0.4, 0.5) is 11.4 Å². The lowest BCUT2D eigenvalue weighted by atomic mass is 10.2. The van der Waals surface area contributed by atoms with Crippen LogP contribution in [0, 0.1) is 10.1 Å². The number of nitrogens with zero attached hydrogens (tertiary/aromatic N) is 2. The fourth-order valence-electron chi connectivity index (χ4n) is 1.96. The Balaban J connectivity index is 2.33. The lowest BCUT2D eigenvalue weighted by Gasteiger charge is -2.17. The fraction of sp³-hybridized carbons (Fsp3) is 0.300. The molecule has 108 valence electrons. The van der Waals surface area contributed by atoms with E-state index in [0.29, 0.717) is 0 Å². The van der Waals surface area contributed by atoms with Gasteiger partial charge < -0.3 is 4.90 Å². The van der Waals surface area contributed by atoms with Crippen molar-refractivity contribution in [1.82, 2.24) is 0 Å². The van der Waals surface area contributed by atoms with Crippen molar-refractivity contribution in [3.63, 3.8) is 0 Å². The van der Waals surface area contributed by atoms with Crippen LogP contribution in [0.2, 0.25) is 5.02 Å². The highest BCUT2D eigenvalue weighted by Gasteiger charge is 2.38. The molecule has 1 aromatic rings. The first-order chi connectivity index (χ1) is 9.20. The molecule has 0 aromatic heterocycles. The van der Waals surface area contributed by atoms with Crippen molar-refractivity contribution in [3.8, 4) is 0 Å². The summed E-state index contributed by atoms with van der Waals surface area (Å²) in [6.07, 6.45) is -0.230. The van der Waals surface area contributed by atoms with Crippen LogP contribution in [0.5, 0.6) is 0 Å². The van der Waals surface area contributed by atoms with E-state index in [-0.39, 0.29) is 29.4 Å². The maximum absolute atomic E-state index is 11.8. The Labute approximate surface area is 119 Å². The van der Waals surface area contributed by atoms with Crippen molar-refractivity contribution in [2.24, 2.45) is 5.14 Å². The van der Waals surface area contributed by atoms with E-state index in [1.165, 1.54) is 17.0 Å². The monoisotopic (exact) mass is 319 g/mol. The van der Waals surface area contributed by atoms with Crippen molar-refractivity contribution in [2.75, 3.05) is 11.4 Å². The normalized spacial score (nSPS) is 19.4. The van der Waals surface area contributed by atoms with Gasteiger partial charge >= 0.3 is 0 Å². The SMILES string of the molecule is NS(=O)(=O)C1CC(=O)N(c2ccc([N+](=O)[O-])cc2Cl)C1. The minimum absolute atomic E-state index is 0.00243. The molecule has 1 saturated heterocycles. The summed E-state index contributed by atoms with van der Waals surface area (Å²) in [6.45, 7) is -0.116. The van der Waals surface area contributed by atoms with Crippen LogP contribution in [-0.4, -0.2) is 31.0 Å². The van der Waals surface area contributed by atoms with E-state index in [2.05, 4.69) is 0 Å². The van der Waals surface area contributed by atoms with Crippen LogP contribution in [0.15, 0.2) is 18.2 Å². The third-order valence-electron chi connectivity index (χ3n) is 2.99. The van der Waals surface area contributed by atoms with Gasteiger partial charge in [-0.25, -0.2) is 13.6 Å². The molecule has 2 N–H and O–H groups in total. The number of non-ortho nitro benzene ring substituents is 1. The molecule has 0 radical (unpaired) electrons. The van der Waals surface area contributed by atoms with Crippen LogP contribution in [-0.2, 0) is 14.8 Å². The molecule has 1 aromatic carbocycles. The number of nitrogens with two attached hydrogens (primary N) is 1. The van der Waals surface area contributed by atoms with E-state index < -0.39 is 26.1 Å². The predicted molar refractivity (Wildman–Crippen MR) is 72.0 cm³/mol. The minimum Gasteiger partial charge on any atom is -0.310 e. The van der Waals surface area contributed by atoms with Crippen LogP contribution in [0.1, 0.15) is 6.42 Å². The predicted octanol–water partition coefficient (Wildman–Crippen LogP) is 0.642. The second-order valence-electron chi connectivity index (χ2n) is 4.31. The van der Waals surface area contributed by atoms with Gasteiger partial charge in [-0.15, -0.1) is 0 Å². The summed E-state index contributed by atoms with van der Waals surface area (Å²) in [5.74, 6) is -0.445. The zero-order valence-corrected chi connectivity index (χ0v) is 11.6. The lowest BCUT2D eigenvalue weighted by molar-refractivity contribution is -0.384. The summed E-state index contributed by atoms with van der Waals surface area (Å²) in [4.78, 5) is 23.0. The first-order valence-electron chi connectivity index (χ1n) is 5.46. The number of nitro benzene ring substituents is 1. The van der Waals surface area contributed by atoms with Crippen LogP contribution >= 0.6 is 11.6 Å². The zero-order valence-electron chi connectivity index (χ0n) is 10.0. The van der Waals surface area contributed by atoms with Crippen molar-refractivity contribution >= 4 is 38.9 Å². The minimum atomic E-state index is -3.82. The zero-order chi connectivity index (χ0) is 15.1. The molecule has 10 heteroatoms. The van der Waals surface area contributed by atoms with E-state index in [0.717, 1.165) is 6.07 Å². The van der Waals surface area contributed by atoms with Crippen molar-refractivity contribution < 1.29 is 18.1 Å². The van der Waals surface area contributed by atoms with Gasteiger partial charge in [0.25, 0.3) is 5.69 Å². The van der Waals surface area contributed by atoms with E-state index in [9.17, 15) is 23.3 Å². The largest absolute Gasteiger partial charge is 0.310 e. The fourth-order valence-corrected chi connectivity index (χ4v) is 2.96. The van der Waals surface area contributed by atoms with Gasteiger partial charge in [0.05, 0.1) is 15.6 Å². The Kier molecular flexibility index (Phi) is 3.67. The molecule has 1 aliphatic heterocycles. The molecule has 1 aliphatic rings. The van der Waals surface area contributed by atoms with Gasteiger partial charge in [-0.05, 0) is 6.07 Å². The van der Waals surface area contributed by atoms with E-state index in [1.54, 1.807) is 0 Å². The van der Waals surface area contributed by atoms with E-state index in [1.807, 2.05) is 0 Å². The summed E-state index contributed by atoms with van der Waals surface area (Å²) in [6, 6.07) is 3.61. The first-order valence-corrected chi connectivity index (χ1v) is 7.45. The van der Waals surface area contributed by atoms with Gasteiger partial charge in [0, 0.05) is 25.1 Å². The number of carbonyl (C=O) groups is 1. The average Bonchev–Trinajstić information content (AvgIpc) is 2.71. The topological polar surface area (TPSA) is 124 Å². The Hall–Kier alpha value is -1.71. The van der Waals surface area contributed by atoms with Crippen LogP contribution in [0.3, 0.4) is 0 Å². The number of nitro groups is 1. The van der Waals surface area contributed by atoms with Crippen molar-refractivity contribution in [1.29, 1.82) is 0 Å². The maximum Gasteiger partial charge on any atom is 0.271 e. The Morgan fingerprint density at radius 1 is 1.45 bits per heavy atom. The number of benzene rings is 1. The molecule has 1 fully saturated rings. The molecule has 0 saturated carbocycles. The number of hydrogen-bond donors (Lipinski definition) is 1. The average molecular weight is 320 g/mol.